The van der Waals surface area contributed by atoms with Crippen molar-refractivity contribution in [1.29, 1.82) is 0 Å². The first-order valence-corrected chi connectivity index (χ1v) is 6.07. The average Bonchev–Trinajstić information content (AvgIpc) is 2.25. The molecule has 0 aromatic rings. The number of rotatable bonds is 9. The number of carbonyl (C=O) groups excluding carboxylic acids is 1. The second-order valence-electron chi connectivity index (χ2n) is 4.57. The third kappa shape index (κ3) is 6.00. The van der Waals surface area contributed by atoms with Gasteiger partial charge in [0.2, 0.25) is 5.91 Å². The molecule has 0 bridgehead atoms. The first kappa shape index (κ1) is 16.4. The highest BCUT2D eigenvalue weighted by Gasteiger charge is 2.31. The molecule has 3 atom stereocenters. The molecule has 3 unspecified atom stereocenters. The third-order valence-corrected chi connectivity index (χ3v) is 2.81. The van der Waals surface area contributed by atoms with E-state index in [4.69, 9.17) is 15.2 Å². The molecule has 17 heavy (non-hydrogen) atoms. The molecule has 0 aromatic carbocycles. The van der Waals surface area contributed by atoms with Gasteiger partial charge in [0.15, 0.2) is 0 Å². The zero-order valence-electron chi connectivity index (χ0n) is 11.6. The van der Waals surface area contributed by atoms with Crippen LogP contribution in [-0.4, -0.2) is 43.9 Å². The van der Waals surface area contributed by atoms with E-state index in [-0.39, 0.29) is 18.1 Å². The van der Waals surface area contributed by atoms with Crippen molar-refractivity contribution in [3.63, 3.8) is 0 Å². The number of primary amides is 1. The normalized spacial score (nSPS) is 18.4. The number of nitrogens with two attached hydrogens (primary N) is 1. The Labute approximate surface area is 104 Å². The summed E-state index contributed by atoms with van der Waals surface area (Å²) in [6.07, 6.45) is 0.490. The van der Waals surface area contributed by atoms with E-state index in [1.807, 2.05) is 20.8 Å². The summed E-state index contributed by atoms with van der Waals surface area (Å²) in [5, 5.41) is 2.94. The van der Waals surface area contributed by atoms with E-state index in [2.05, 4.69) is 5.32 Å². The van der Waals surface area contributed by atoms with Crippen molar-refractivity contribution in [1.82, 2.24) is 5.32 Å². The van der Waals surface area contributed by atoms with Crippen molar-refractivity contribution in [2.24, 2.45) is 5.73 Å². The summed E-state index contributed by atoms with van der Waals surface area (Å²) in [6, 6.07) is 0. The van der Waals surface area contributed by atoms with Crippen molar-refractivity contribution < 1.29 is 14.3 Å². The van der Waals surface area contributed by atoms with Crippen molar-refractivity contribution in [3.8, 4) is 0 Å². The fourth-order valence-electron chi connectivity index (χ4n) is 1.67. The molecule has 0 aliphatic heterocycles. The van der Waals surface area contributed by atoms with Crippen molar-refractivity contribution in [2.75, 3.05) is 20.3 Å². The van der Waals surface area contributed by atoms with Gasteiger partial charge in [0.25, 0.3) is 0 Å². The first-order chi connectivity index (χ1) is 7.85. The standard InChI is InChI=1S/C12H26N2O3/c1-6-16-8-10(3)17-9(2)7-12(4,14-5)11(13)15/h9-10,14H,6-8H2,1-5H3,(H2,13,15). The van der Waals surface area contributed by atoms with Gasteiger partial charge in [0, 0.05) is 13.0 Å². The zero-order valence-corrected chi connectivity index (χ0v) is 11.6. The molecule has 0 rings (SSSR count). The smallest absolute Gasteiger partial charge is 0.237 e. The van der Waals surface area contributed by atoms with Crippen LogP contribution in [0.3, 0.4) is 0 Å². The Morgan fingerprint density at radius 2 is 2.00 bits per heavy atom. The van der Waals surface area contributed by atoms with Crippen molar-refractivity contribution in [2.45, 2.75) is 51.9 Å². The monoisotopic (exact) mass is 246 g/mol. The fourth-order valence-corrected chi connectivity index (χ4v) is 1.67. The molecule has 1 amide bonds. The van der Waals surface area contributed by atoms with Crippen LogP contribution in [0.15, 0.2) is 0 Å². The second kappa shape index (κ2) is 7.63. The van der Waals surface area contributed by atoms with Crippen LogP contribution < -0.4 is 11.1 Å². The quantitative estimate of drug-likeness (QED) is 0.627. The Bertz CT molecular complexity index is 236. The fraction of sp³-hybridized carbons (Fsp3) is 0.917. The molecule has 102 valence electrons. The maximum absolute atomic E-state index is 11.3. The minimum absolute atomic E-state index is 0.0129. The lowest BCUT2D eigenvalue weighted by molar-refractivity contribution is -0.126. The van der Waals surface area contributed by atoms with E-state index in [0.29, 0.717) is 19.6 Å². The predicted octanol–water partition coefficient (Wildman–Crippen LogP) is 0.670. The van der Waals surface area contributed by atoms with Gasteiger partial charge in [-0.05, 0) is 34.7 Å². The molecular formula is C12H26N2O3. The Morgan fingerprint density at radius 3 is 2.41 bits per heavy atom. The highest BCUT2D eigenvalue weighted by atomic mass is 16.5. The maximum atomic E-state index is 11.3. The van der Waals surface area contributed by atoms with Gasteiger partial charge < -0.3 is 20.5 Å². The largest absolute Gasteiger partial charge is 0.379 e. The molecule has 0 heterocycles. The summed E-state index contributed by atoms with van der Waals surface area (Å²) in [7, 11) is 1.72. The predicted molar refractivity (Wildman–Crippen MR) is 67.8 cm³/mol. The molecule has 0 fully saturated rings. The van der Waals surface area contributed by atoms with Crippen LogP contribution in [-0.2, 0) is 14.3 Å². The molecule has 0 saturated heterocycles. The summed E-state index contributed by atoms with van der Waals surface area (Å²) in [6.45, 7) is 8.85. The topological polar surface area (TPSA) is 73.6 Å². The summed E-state index contributed by atoms with van der Waals surface area (Å²) in [5.74, 6) is -0.368. The van der Waals surface area contributed by atoms with Gasteiger partial charge in [-0.25, -0.2) is 0 Å². The molecule has 5 nitrogen and oxygen atoms in total. The molecule has 0 radical (unpaired) electrons. The number of hydrogen-bond donors (Lipinski definition) is 2. The van der Waals surface area contributed by atoms with Gasteiger partial charge >= 0.3 is 0 Å². The average molecular weight is 246 g/mol. The van der Waals surface area contributed by atoms with Crippen LogP contribution in [0.1, 0.15) is 34.1 Å². The lowest BCUT2D eigenvalue weighted by Gasteiger charge is -2.30. The first-order valence-electron chi connectivity index (χ1n) is 6.07. The Balaban J connectivity index is 4.15. The molecule has 0 saturated carbocycles. The number of carbonyl (C=O) groups is 1. The van der Waals surface area contributed by atoms with E-state index in [9.17, 15) is 4.79 Å². The zero-order chi connectivity index (χ0) is 13.5. The van der Waals surface area contributed by atoms with Crippen LogP contribution in [0.4, 0.5) is 0 Å². The minimum Gasteiger partial charge on any atom is -0.379 e. The molecule has 0 aliphatic carbocycles. The number of amides is 1. The molecule has 0 aliphatic rings. The second-order valence-corrected chi connectivity index (χ2v) is 4.57. The Hall–Kier alpha value is -0.650. The van der Waals surface area contributed by atoms with Crippen LogP contribution in [0, 0.1) is 0 Å². The summed E-state index contributed by atoms with van der Waals surface area (Å²) in [4.78, 5) is 11.3. The highest BCUT2D eigenvalue weighted by Crippen LogP contribution is 2.15. The van der Waals surface area contributed by atoms with Gasteiger partial charge in [-0.2, -0.15) is 0 Å². The molecule has 5 heteroatoms. The van der Waals surface area contributed by atoms with E-state index in [0.717, 1.165) is 0 Å². The summed E-state index contributed by atoms with van der Waals surface area (Å²) < 4.78 is 11.0. The SMILES string of the molecule is CCOCC(C)OC(C)CC(C)(NC)C(N)=O. The third-order valence-electron chi connectivity index (χ3n) is 2.81. The summed E-state index contributed by atoms with van der Waals surface area (Å²) >= 11 is 0. The Kier molecular flexibility index (Phi) is 7.34. The van der Waals surface area contributed by atoms with Crippen molar-refractivity contribution >= 4 is 5.91 Å². The number of hydrogen-bond acceptors (Lipinski definition) is 4. The number of nitrogens with one attached hydrogen (secondary N) is 1. The van der Waals surface area contributed by atoms with Gasteiger partial charge in [0.05, 0.1) is 24.4 Å². The maximum Gasteiger partial charge on any atom is 0.237 e. The molecule has 0 aromatic heterocycles. The van der Waals surface area contributed by atoms with Crippen LogP contribution >= 0.6 is 0 Å². The van der Waals surface area contributed by atoms with Gasteiger partial charge in [-0.3, -0.25) is 4.79 Å². The van der Waals surface area contributed by atoms with E-state index < -0.39 is 5.54 Å². The van der Waals surface area contributed by atoms with Gasteiger partial charge in [-0.15, -0.1) is 0 Å². The molecular weight excluding hydrogens is 220 g/mol. The lowest BCUT2D eigenvalue weighted by Crippen LogP contribution is -2.53. The van der Waals surface area contributed by atoms with Gasteiger partial charge in [-0.1, -0.05) is 0 Å². The highest BCUT2D eigenvalue weighted by molar-refractivity contribution is 5.84. The van der Waals surface area contributed by atoms with E-state index >= 15 is 0 Å². The van der Waals surface area contributed by atoms with E-state index in [1.54, 1.807) is 14.0 Å². The van der Waals surface area contributed by atoms with Crippen LogP contribution in [0.5, 0.6) is 0 Å². The van der Waals surface area contributed by atoms with Crippen LogP contribution in [0.2, 0.25) is 0 Å². The minimum atomic E-state index is -0.731. The van der Waals surface area contributed by atoms with Crippen molar-refractivity contribution in [3.05, 3.63) is 0 Å². The summed E-state index contributed by atoms with van der Waals surface area (Å²) in [5.41, 5.74) is 4.63. The molecule has 0 spiro atoms. The van der Waals surface area contributed by atoms with Gasteiger partial charge in [0.1, 0.15) is 0 Å². The Morgan fingerprint density at radius 1 is 1.41 bits per heavy atom. The number of ether oxygens (including phenoxy) is 2. The van der Waals surface area contributed by atoms with E-state index in [1.165, 1.54) is 0 Å². The number of likely N-dealkylation sites (N-methyl/N-ethyl adjacent to an activating group) is 1. The van der Waals surface area contributed by atoms with Crippen LogP contribution in [0.25, 0.3) is 0 Å². The lowest BCUT2D eigenvalue weighted by atomic mass is 9.94. The molecule has 3 N–H and O–H groups in total.